The molecule has 26 heavy (non-hydrogen) atoms. The van der Waals surface area contributed by atoms with E-state index in [1.165, 1.54) is 20.3 Å². The molecule has 1 N–H and O–H groups in total. The second-order valence-electron chi connectivity index (χ2n) is 5.40. The molecular formula is C19H16N2O5. The molecule has 0 saturated carbocycles. The Kier molecular flexibility index (Phi) is 4.70. The predicted molar refractivity (Wildman–Crippen MR) is 95.0 cm³/mol. The van der Waals surface area contributed by atoms with Crippen LogP contribution in [0.25, 0.3) is 6.08 Å². The van der Waals surface area contributed by atoms with Crippen molar-refractivity contribution in [3.63, 3.8) is 0 Å². The summed E-state index contributed by atoms with van der Waals surface area (Å²) in [6.07, 6.45) is 1.40. The van der Waals surface area contributed by atoms with E-state index < -0.39 is 17.8 Å². The van der Waals surface area contributed by atoms with Gasteiger partial charge in [0.05, 0.1) is 19.9 Å². The Morgan fingerprint density at radius 2 is 1.62 bits per heavy atom. The lowest BCUT2D eigenvalue weighted by molar-refractivity contribution is -0.122. The van der Waals surface area contributed by atoms with Crippen molar-refractivity contribution in [3.05, 3.63) is 59.7 Å². The molecule has 2 aromatic rings. The van der Waals surface area contributed by atoms with Gasteiger partial charge in [-0.05, 0) is 36.4 Å². The van der Waals surface area contributed by atoms with Crippen LogP contribution < -0.4 is 19.7 Å². The largest absolute Gasteiger partial charge is 0.497 e. The number of imide groups is 2. The first-order valence-electron chi connectivity index (χ1n) is 7.73. The molecule has 0 atom stereocenters. The number of amides is 4. The van der Waals surface area contributed by atoms with Gasteiger partial charge in [-0.2, -0.15) is 0 Å². The van der Waals surface area contributed by atoms with Crippen LogP contribution in [-0.4, -0.2) is 32.1 Å². The third kappa shape index (κ3) is 3.14. The number of anilines is 1. The summed E-state index contributed by atoms with van der Waals surface area (Å²) >= 11 is 0. The Morgan fingerprint density at radius 1 is 0.923 bits per heavy atom. The summed E-state index contributed by atoms with van der Waals surface area (Å²) in [6, 6.07) is 12.5. The highest BCUT2D eigenvalue weighted by Crippen LogP contribution is 2.26. The van der Waals surface area contributed by atoms with Gasteiger partial charge in [0.1, 0.15) is 17.1 Å². The van der Waals surface area contributed by atoms with Crippen molar-refractivity contribution >= 4 is 29.6 Å². The molecule has 1 saturated heterocycles. The van der Waals surface area contributed by atoms with Crippen LogP contribution in [0.4, 0.5) is 10.5 Å². The van der Waals surface area contributed by atoms with E-state index >= 15 is 0 Å². The zero-order chi connectivity index (χ0) is 18.7. The Hall–Kier alpha value is -3.61. The number of ether oxygens (including phenoxy) is 2. The zero-order valence-electron chi connectivity index (χ0n) is 14.2. The third-order valence-electron chi connectivity index (χ3n) is 3.87. The van der Waals surface area contributed by atoms with E-state index in [0.29, 0.717) is 22.7 Å². The average molecular weight is 352 g/mol. The second kappa shape index (κ2) is 7.10. The fourth-order valence-corrected chi connectivity index (χ4v) is 2.56. The molecule has 3 rings (SSSR count). The molecule has 0 spiro atoms. The Morgan fingerprint density at radius 3 is 2.27 bits per heavy atom. The van der Waals surface area contributed by atoms with E-state index in [4.69, 9.17) is 9.47 Å². The van der Waals surface area contributed by atoms with Gasteiger partial charge in [-0.3, -0.25) is 14.9 Å². The molecule has 0 radical (unpaired) electrons. The van der Waals surface area contributed by atoms with Gasteiger partial charge in [0, 0.05) is 5.56 Å². The van der Waals surface area contributed by atoms with E-state index in [1.807, 2.05) is 0 Å². The van der Waals surface area contributed by atoms with Gasteiger partial charge in [-0.25, -0.2) is 9.69 Å². The summed E-state index contributed by atoms with van der Waals surface area (Å²) < 4.78 is 10.3. The minimum absolute atomic E-state index is 0.162. The molecule has 0 bridgehead atoms. The number of para-hydroxylation sites is 1. The van der Waals surface area contributed by atoms with Crippen LogP contribution in [0.2, 0.25) is 0 Å². The number of hydrogen-bond donors (Lipinski definition) is 1. The second-order valence-corrected chi connectivity index (χ2v) is 5.40. The van der Waals surface area contributed by atoms with Gasteiger partial charge in [0.2, 0.25) is 0 Å². The molecule has 0 aromatic heterocycles. The van der Waals surface area contributed by atoms with Gasteiger partial charge in [0.15, 0.2) is 0 Å². The molecule has 7 heteroatoms. The van der Waals surface area contributed by atoms with Crippen LogP contribution in [0, 0.1) is 0 Å². The number of carbonyl (C=O) groups is 3. The normalized spacial score (nSPS) is 15.8. The highest BCUT2D eigenvalue weighted by molar-refractivity contribution is 6.39. The van der Waals surface area contributed by atoms with Crippen molar-refractivity contribution in [3.8, 4) is 11.5 Å². The van der Waals surface area contributed by atoms with Gasteiger partial charge in [0.25, 0.3) is 11.8 Å². The lowest BCUT2D eigenvalue weighted by Gasteiger charge is -2.26. The highest BCUT2D eigenvalue weighted by Gasteiger charge is 2.36. The van der Waals surface area contributed by atoms with E-state index in [-0.39, 0.29) is 5.57 Å². The minimum Gasteiger partial charge on any atom is -0.497 e. The summed E-state index contributed by atoms with van der Waals surface area (Å²) in [7, 11) is 3.01. The summed E-state index contributed by atoms with van der Waals surface area (Å²) in [5.74, 6) is -0.376. The van der Waals surface area contributed by atoms with Crippen molar-refractivity contribution < 1.29 is 23.9 Å². The predicted octanol–water partition coefficient (Wildman–Crippen LogP) is 2.37. The van der Waals surface area contributed by atoms with Crippen LogP contribution in [0.3, 0.4) is 0 Å². The summed E-state index contributed by atoms with van der Waals surface area (Å²) in [5.41, 5.74) is 0.717. The molecule has 1 aliphatic rings. The summed E-state index contributed by atoms with van der Waals surface area (Å²) in [4.78, 5) is 38.1. The molecular weight excluding hydrogens is 336 g/mol. The summed E-state index contributed by atoms with van der Waals surface area (Å²) in [5, 5.41) is 2.18. The minimum atomic E-state index is -0.803. The van der Waals surface area contributed by atoms with Crippen molar-refractivity contribution in [2.45, 2.75) is 0 Å². The molecule has 2 aromatic carbocycles. The van der Waals surface area contributed by atoms with E-state index in [1.54, 1.807) is 48.5 Å². The fraction of sp³-hybridized carbons (Fsp3) is 0.105. The number of methoxy groups -OCH3 is 2. The smallest absolute Gasteiger partial charge is 0.335 e. The number of nitrogens with zero attached hydrogens (tertiary/aromatic N) is 1. The molecule has 4 amide bonds. The van der Waals surface area contributed by atoms with E-state index in [2.05, 4.69) is 5.32 Å². The first kappa shape index (κ1) is 17.2. The maximum absolute atomic E-state index is 12.8. The number of hydrogen-bond acceptors (Lipinski definition) is 5. The molecule has 1 heterocycles. The SMILES string of the molecule is COc1ccc(N2C(=O)NC(=O)C(=Cc3ccccc3OC)C2=O)cc1. The number of rotatable bonds is 4. The Bertz CT molecular complexity index is 902. The topological polar surface area (TPSA) is 84.9 Å². The van der Waals surface area contributed by atoms with Crippen LogP contribution in [0.15, 0.2) is 54.1 Å². The van der Waals surface area contributed by atoms with Crippen molar-refractivity contribution in [2.24, 2.45) is 0 Å². The number of carbonyl (C=O) groups excluding carboxylic acids is 3. The van der Waals surface area contributed by atoms with Crippen LogP contribution in [0.5, 0.6) is 11.5 Å². The van der Waals surface area contributed by atoms with Gasteiger partial charge in [-0.1, -0.05) is 18.2 Å². The van der Waals surface area contributed by atoms with Crippen LogP contribution in [-0.2, 0) is 9.59 Å². The molecule has 0 aliphatic carbocycles. The highest BCUT2D eigenvalue weighted by atomic mass is 16.5. The lowest BCUT2D eigenvalue weighted by Crippen LogP contribution is -2.54. The first-order valence-corrected chi connectivity index (χ1v) is 7.73. The van der Waals surface area contributed by atoms with E-state index in [0.717, 1.165) is 4.90 Å². The Labute approximate surface area is 149 Å². The monoisotopic (exact) mass is 352 g/mol. The molecule has 132 valence electrons. The average Bonchev–Trinajstić information content (AvgIpc) is 2.66. The quantitative estimate of drug-likeness (QED) is 0.674. The maximum Gasteiger partial charge on any atom is 0.335 e. The lowest BCUT2D eigenvalue weighted by atomic mass is 10.1. The maximum atomic E-state index is 12.8. The van der Waals surface area contributed by atoms with Crippen molar-refractivity contribution in [1.82, 2.24) is 5.32 Å². The molecule has 7 nitrogen and oxygen atoms in total. The first-order chi connectivity index (χ1) is 12.5. The number of benzene rings is 2. The molecule has 1 aliphatic heterocycles. The fourth-order valence-electron chi connectivity index (χ4n) is 2.56. The third-order valence-corrected chi connectivity index (χ3v) is 3.87. The van der Waals surface area contributed by atoms with Gasteiger partial charge >= 0.3 is 6.03 Å². The standard InChI is InChI=1S/C19H16N2O5/c1-25-14-9-7-13(8-10-14)21-18(23)15(17(22)20-19(21)24)11-12-5-3-4-6-16(12)26-2/h3-11H,1-2H3,(H,20,22,24). The molecule has 1 fully saturated rings. The van der Waals surface area contributed by atoms with Crippen LogP contribution in [0.1, 0.15) is 5.56 Å². The number of barbiturate groups is 1. The van der Waals surface area contributed by atoms with Gasteiger partial charge < -0.3 is 9.47 Å². The van der Waals surface area contributed by atoms with Gasteiger partial charge in [-0.15, -0.1) is 0 Å². The van der Waals surface area contributed by atoms with Crippen molar-refractivity contribution in [1.29, 1.82) is 0 Å². The van der Waals surface area contributed by atoms with Crippen molar-refractivity contribution in [2.75, 3.05) is 19.1 Å². The Balaban J connectivity index is 2.01. The number of nitrogens with one attached hydrogen (secondary N) is 1. The zero-order valence-corrected chi connectivity index (χ0v) is 14.2. The van der Waals surface area contributed by atoms with Crippen LogP contribution >= 0.6 is 0 Å². The molecule has 0 unspecified atom stereocenters. The number of urea groups is 1. The summed E-state index contributed by atoms with van der Waals surface area (Å²) in [6.45, 7) is 0. The van der Waals surface area contributed by atoms with E-state index in [9.17, 15) is 14.4 Å².